The van der Waals surface area contributed by atoms with Crippen LogP contribution >= 0.6 is 0 Å². The van der Waals surface area contributed by atoms with Gasteiger partial charge in [-0.3, -0.25) is 0 Å². The molecule has 39 heavy (non-hydrogen) atoms. The molecule has 212 valence electrons. The molecule has 3 aliphatic rings. The number of benzene rings is 2. The van der Waals surface area contributed by atoms with Crippen molar-refractivity contribution in [2.75, 3.05) is 27.2 Å². The fourth-order valence-corrected chi connectivity index (χ4v) is 7.39. The van der Waals surface area contributed by atoms with E-state index in [0.717, 1.165) is 35.1 Å². The highest BCUT2D eigenvalue weighted by Gasteiger charge is 2.53. The summed E-state index contributed by atoms with van der Waals surface area (Å²) in [5.41, 5.74) is 5.74. The maximum atomic E-state index is 10.2. The fourth-order valence-electron chi connectivity index (χ4n) is 7.39. The van der Waals surface area contributed by atoms with Gasteiger partial charge in [-0.25, -0.2) is 0 Å². The molecule has 1 saturated heterocycles. The normalized spacial score (nSPS) is 25.3. The van der Waals surface area contributed by atoms with Crippen molar-refractivity contribution in [3.05, 3.63) is 64.9 Å². The molecule has 5 heteroatoms. The number of furan rings is 1. The number of nitrogens with one attached hydrogen (secondary N) is 1. The molecule has 0 radical (unpaired) electrons. The first-order valence-electron chi connectivity index (χ1n) is 15.0. The van der Waals surface area contributed by atoms with Crippen molar-refractivity contribution < 1.29 is 14.3 Å². The number of nitrogens with zero attached hydrogens (tertiary/aromatic N) is 1. The maximum Gasteiger partial charge on any atom is 0.137 e. The highest BCUT2D eigenvalue weighted by Crippen LogP contribution is 2.55. The van der Waals surface area contributed by atoms with Crippen molar-refractivity contribution in [2.24, 2.45) is 5.92 Å². The second kappa shape index (κ2) is 11.3. The standard InChI is InChI=1S/C18H25NO.C16H23NO2/c1-19-10-9-18-8-4-3-5-15(18)17(19)11-13-6-7-14(20-2)12-16(13)18;1-5-11-7-6-8-12-9-14(19-15(11)12)13(18)10-17-16(2,3)4/h6-7,12,15,17H,3-5,8-11H2,1-2H3;6-9,13,17-18H,5,10H2,1-4H3/t15-,17+,18+;/m1./s1. The number of rotatable bonds is 5. The summed E-state index contributed by atoms with van der Waals surface area (Å²) in [5, 5.41) is 14.5. The van der Waals surface area contributed by atoms with E-state index in [1.165, 1.54) is 50.6 Å². The second-order valence-electron chi connectivity index (χ2n) is 13.0. The first kappa shape index (κ1) is 28.2. The Labute approximate surface area is 234 Å². The lowest BCUT2D eigenvalue weighted by molar-refractivity contribution is 0.00274. The van der Waals surface area contributed by atoms with E-state index < -0.39 is 6.10 Å². The summed E-state index contributed by atoms with van der Waals surface area (Å²) in [5.74, 6) is 2.54. The number of aliphatic hydroxyl groups is 1. The molecule has 3 aromatic rings. The van der Waals surface area contributed by atoms with Gasteiger partial charge in [-0.05, 0) is 107 Å². The van der Waals surface area contributed by atoms with Gasteiger partial charge in [0.25, 0.3) is 0 Å². The van der Waals surface area contributed by atoms with E-state index in [0.29, 0.717) is 17.7 Å². The summed E-state index contributed by atoms with van der Waals surface area (Å²) in [7, 11) is 4.12. The number of aliphatic hydroxyl groups excluding tert-OH is 1. The first-order chi connectivity index (χ1) is 18.6. The zero-order valence-electron chi connectivity index (χ0n) is 24.8. The van der Waals surface area contributed by atoms with Crippen LogP contribution in [-0.4, -0.2) is 48.8 Å². The minimum absolute atomic E-state index is 0.0123. The molecule has 1 aromatic heterocycles. The molecule has 5 nitrogen and oxygen atoms in total. The number of para-hydroxylation sites is 1. The number of fused-ring (bicyclic) bond motifs is 2. The minimum Gasteiger partial charge on any atom is -0.497 e. The van der Waals surface area contributed by atoms with Crippen molar-refractivity contribution >= 4 is 11.0 Å². The smallest absolute Gasteiger partial charge is 0.137 e. The topological polar surface area (TPSA) is 57.9 Å². The molecule has 2 N–H and O–H groups in total. The number of aryl methyl sites for hydroxylation is 1. The molecular formula is C34H48N2O3. The van der Waals surface area contributed by atoms with Crippen LogP contribution in [0.3, 0.4) is 0 Å². The summed E-state index contributed by atoms with van der Waals surface area (Å²) in [6.45, 7) is 10.1. The average molecular weight is 533 g/mol. The molecule has 1 aliphatic heterocycles. The minimum atomic E-state index is -0.615. The summed E-state index contributed by atoms with van der Waals surface area (Å²) in [6, 6.07) is 15.6. The van der Waals surface area contributed by atoms with Crippen LogP contribution in [0.15, 0.2) is 46.9 Å². The molecule has 0 amide bonds. The Kier molecular flexibility index (Phi) is 8.15. The number of hydrogen-bond donors (Lipinski definition) is 2. The van der Waals surface area contributed by atoms with Gasteiger partial charge < -0.3 is 24.5 Å². The number of ether oxygens (including phenoxy) is 1. The summed E-state index contributed by atoms with van der Waals surface area (Å²) in [6.07, 6.45) is 8.54. The van der Waals surface area contributed by atoms with Gasteiger partial charge in [-0.2, -0.15) is 0 Å². The van der Waals surface area contributed by atoms with Gasteiger partial charge in [0.15, 0.2) is 0 Å². The predicted molar refractivity (Wildman–Crippen MR) is 160 cm³/mol. The number of likely N-dealkylation sites (N-methyl/N-ethyl adjacent to an activating group) is 1. The van der Waals surface area contributed by atoms with Crippen molar-refractivity contribution in [3.63, 3.8) is 0 Å². The number of β-amino-alcohol motifs (C(OH)–C–C–N with tert-alkyl or cyclic N) is 1. The van der Waals surface area contributed by atoms with Gasteiger partial charge in [0, 0.05) is 28.9 Å². The average Bonchev–Trinajstić information content (AvgIpc) is 3.38. The summed E-state index contributed by atoms with van der Waals surface area (Å²) < 4.78 is 11.3. The van der Waals surface area contributed by atoms with E-state index >= 15 is 0 Å². The lowest BCUT2D eigenvalue weighted by Crippen LogP contribution is -2.59. The third kappa shape index (κ3) is 5.64. The van der Waals surface area contributed by atoms with E-state index in [9.17, 15) is 5.11 Å². The third-order valence-electron chi connectivity index (χ3n) is 9.50. The molecule has 1 unspecified atom stereocenters. The molecule has 4 atom stereocenters. The third-order valence-corrected chi connectivity index (χ3v) is 9.50. The van der Waals surface area contributed by atoms with Crippen molar-refractivity contribution in [1.29, 1.82) is 0 Å². The van der Waals surface area contributed by atoms with Gasteiger partial charge in [0.05, 0.1) is 7.11 Å². The van der Waals surface area contributed by atoms with Crippen molar-refractivity contribution in [1.82, 2.24) is 10.2 Å². The summed E-state index contributed by atoms with van der Waals surface area (Å²) in [4.78, 5) is 2.63. The molecule has 6 rings (SSSR count). The molecule has 2 heterocycles. The van der Waals surface area contributed by atoms with Crippen LogP contribution < -0.4 is 10.1 Å². The second-order valence-corrected chi connectivity index (χ2v) is 13.0. The zero-order valence-corrected chi connectivity index (χ0v) is 24.8. The maximum absolute atomic E-state index is 10.2. The number of methoxy groups -OCH3 is 1. The Bertz CT molecular complexity index is 1280. The lowest BCUT2D eigenvalue weighted by atomic mass is 9.52. The Morgan fingerprint density at radius 2 is 1.97 bits per heavy atom. The molecule has 2 bridgehead atoms. The van der Waals surface area contributed by atoms with Crippen LogP contribution in [0.25, 0.3) is 11.0 Å². The molecule has 2 aliphatic carbocycles. The van der Waals surface area contributed by atoms with Gasteiger partial charge in [-0.1, -0.05) is 44.0 Å². The molecular weight excluding hydrogens is 484 g/mol. The highest BCUT2D eigenvalue weighted by molar-refractivity contribution is 5.81. The van der Waals surface area contributed by atoms with Crippen molar-refractivity contribution in [2.45, 2.75) is 95.7 Å². The molecule has 2 aromatic carbocycles. The number of hydrogen-bond acceptors (Lipinski definition) is 5. The first-order valence-corrected chi connectivity index (χ1v) is 15.0. The van der Waals surface area contributed by atoms with Crippen LogP contribution in [0.5, 0.6) is 5.75 Å². The Morgan fingerprint density at radius 3 is 2.72 bits per heavy atom. The van der Waals surface area contributed by atoms with Crippen molar-refractivity contribution in [3.8, 4) is 5.75 Å². The van der Waals surface area contributed by atoms with E-state index in [1.807, 2.05) is 18.2 Å². The van der Waals surface area contributed by atoms with Gasteiger partial charge in [0.2, 0.25) is 0 Å². The van der Waals surface area contributed by atoms with Crippen LogP contribution in [-0.2, 0) is 18.3 Å². The summed E-state index contributed by atoms with van der Waals surface area (Å²) >= 11 is 0. The molecule has 2 fully saturated rings. The Hall–Kier alpha value is -2.34. The van der Waals surface area contributed by atoms with Gasteiger partial charge in [-0.15, -0.1) is 0 Å². The van der Waals surface area contributed by atoms with E-state index in [2.05, 4.69) is 69.2 Å². The fraction of sp³-hybridized carbons (Fsp3) is 0.588. The quantitative estimate of drug-likeness (QED) is 0.378. The molecule has 0 spiro atoms. The van der Waals surface area contributed by atoms with Crippen LogP contribution in [0.1, 0.15) is 88.4 Å². The Morgan fingerprint density at radius 1 is 1.15 bits per heavy atom. The van der Waals surface area contributed by atoms with Gasteiger partial charge in [0.1, 0.15) is 23.2 Å². The van der Waals surface area contributed by atoms with E-state index in [1.54, 1.807) is 18.2 Å². The van der Waals surface area contributed by atoms with Gasteiger partial charge >= 0.3 is 0 Å². The van der Waals surface area contributed by atoms with E-state index in [4.69, 9.17) is 9.15 Å². The van der Waals surface area contributed by atoms with Crippen LogP contribution in [0, 0.1) is 5.92 Å². The highest BCUT2D eigenvalue weighted by atomic mass is 16.5. The Balaban J connectivity index is 0.000000158. The van der Waals surface area contributed by atoms with Crippen LogP contribution in [0.2, 0.25) is 0 Å². The zero-order chi connectivity index (χ0) is 27.8. The predicted octanol–water partition coefficient (Wildman–Crippen LogP) is 6.80. The van der Waals surface area contributed by atoms with Crippen LogP contribution in [0.4, 0.5) is 0 Å². The lowest BCUT2D eigenvalue weighted by Gasteiger charge is -2.58. The SMILES string of the molecule is CCc1cccc2cc(C(O)CNC(C)(C)C)oc12.COc1ccc2c(c1)[C@]13CCCC[C@@H]1[C@H](C2)N(C)CC3. The molecule has 1 saturated carbocycles. The monoisotopic (exact) mass is 532 g/mol. The largest absolute Gasteiger partial charge is 0.497 e. The number of piperidine rings is 1. The van der Waals surface area contributed by atoms with E-state index in [-0.39, 0.29) is 5.54 Å². The number of likely N-dealkylation sites (tertiary alicyclic amines) is 1.